The van der Waals surface area contributed by atoms with Gasteiger partial charge in [0.2, 0.25) is 0 Å². The lowest BCUT2D eigenvalue weighted by Crippen LogP contribution is -2.42. The smallest absolute Gasteiger partial charge is 0.407 e. The molecular formula is C13H26N2O3. The maximum Gasteiger partial charge on any atom is 0.407 e. The predicted octanol–water partition coefficient (Wildman–Crippen LogP) is 1.22. The Labute approximate surface area is 109 Å². The van der Waals surface area contributed by atoms with Crippen LogP contribution in [0.5, 0.6) is 0 Å². The number of amides is 1. The maximum absolute atomic E-state index is 11.5. The van der Waals surface area contributed by atoms with Crippen molar-refractivity contribution in [2.24, 2.45) is 5.92 Å². The molecule has 1 atom stereocenters. The molecule has 0 aromatic rings. The molecule has 1 amide bonds. The van der Waals surface area contributed by atoms with Crippen LogP contribution in [0.25, 0.3) is 0 Å². The van der Waals surface area contributed by atoms with Gasteiger partial charge in [-0.1, -0.05) is 0 Å². The molecule has 18 heavy (non-hydrogen) atoms. The number of alkyl carbamates (subject to hydrolysis) is 1. The van der Waals surface area contributed by atoms with Gasteiger partial charge in [-0.25, -0.2) is 4.79 Å². The van der Waals surface area contributed by atoms with Crippen molar-refractivity contribution in [3.05, 3.63) is 0 Å². The molecule has 0 aliphatic carbocycles. The van der Waals surface area contributed by atoms with Crippen molar-refractivity contribution >= 4 is 6.09 Å². The van der Waals surface area contributed by atoms with Crippen molar-refractivity contribution < 1.29 is 14.6 Å². The minimum Gasteiger partial charge on any atom is -0.444 e. The summed E-state index contributed by atoms with van der Waals surface area (Å²) in [5, 5.41) is 11.7. The fourth-order valence-electron chi connectivity index (χ4n) is 2.20. The van der Waals surface area contributed by atoms with Gasteiger partial charge in [-0.05, 0) is 46.1 Å². The second-order valence-corrected chi connectivity index (χ2v) is 5.92. The third-order valence-corrected chi connectivity index (χ3v) is 2.95. The Kier molecular flexibility index (Phi) is 5.88. The molecule has 0 aromatic heterocycles. The Morgan fingerprint density at radius 2 is 2.22 bits per heavy atom. The minimum atomic E-state index is -0.445. The molecule has 1 aliphatic rings. The topological polar surface area (TPSA) is 61.8 Å². The number of rotatable bonds is 4. The monoisotopic (exact) mass is 258 g/mol. The number of ether oxygens (including phenoxy) is 1. The standard InChI is InChI=1S/C13H26N2O3/c1-13(2,3)18-12(17)14-9-11-5-4-6-15(10-11)7-8-16/h11,16H,4-10H2,1-3H3,(H,14,17)/t11-/m0/s1. The zero-order valence-electron chi connectivity index (χ0n) is 11.7. The maximum atomic E-state index is 11.5. The van der Waals surface area contributed by atoms with Crippen LogP contribution < -0.4 is 5.32 Å². The van der Waals surface area contributed by atoms with Crippen LogP contribution in [0.1, 0.15) is 33.6 Å². The normalized spacial score (nSPS) is 21.7. The van der Waals surface area contributed by atoms with E-state index in [1.54, 1.807) is 0 Å². The molecule has 0 unspecified atom stereocenters. The number of aliphatic hydroxyl groups excluding tert-OH is 1. The lowest BCUT2D eigenvalue weighted by atomic mass is 9.98. The molecule has 5 heteroatoms. The van der Waals surface area contributed by atoms with Crippen LogP contribution in [0.15, 0.2) is 0 Å². The molecule has 0 saturated carbocycles. The van der Waals surface area contributed by atoms with Gasteiger partial charge in [0.05, 0.1) is 6.61 Å². The van der Waals surface area contributed by atoms with Crippen molar-refractivity contribution in [1.29, 1.82) is 0 Å². The van der Waals surface area contributed by atoms with Crippen molar-refractivity contribution in [1.82, 2.24) is 10.2 Å². The Balaban J connectivity index is 2.24. The molecule has 0 aromatic carbocycles. The molecule has 0 radical (unpaired) electrons. The number of nitrogens with zero attached hydrogens (tertiary/aromatic N) is 1. The minimum absolute atomic E-state index is 0.201. The Morgan fingerprint density at radius 1 is 1.50 bits per heavy atom. The molecule has 5 nitrogen and oxygen atoms in total. The largest absolute Gasteiger partial charge is 0.444 e. The van der Waals surface area contributed by atoms with Gasteiger partial charge in [0.25, 0.3) is 0 Å². The van der Waals surface area contributed by atoms with Crippen molar-refractivity contribution in [3.63, 3.8) is 0 Å². The number of carbonyl (C=O) groups excluding carboxylic acids is 1. The number of hydrogen-bond donors (Lipinski definition) is 2. The number of carbonyl (C=O) groups is 1. The summed E-state index contributed by atoms with van der Waals surface area (Å²) in [5.74, 6) is 0.456. The first kappa shape index (κ1) is 15.2. The summed E-state index contributed by atoms with van der Waals surface area (Å²) >= 11 is 0. The van der Waals surface area contributed by atoms with Crippen molar-refractivity contribution in [2.75, 3.05) is 32.8 Å². The van der Waals surface area contributed by atoms with Crippen LogP contribution in [0.4, 0.5) is 4.79 Å². The summed E-state index contributed by atoms with van der Waals surface area (Å²) in [6.07, 6.45) is 1.90. The van der Waals surface area contributed by atoms with Gasteiger partial charge in [-0.2, -0.15) is 0 Å². The van der Waals surface area contributed by atoms with Gasteiger partial charge in [-0.3, -0.25) is 0 Å². The summed E-state index contributed by atoms with van der Waals surface area (Å²) in [5.41, 5.74) is -0.445. The molecule has 1 saturated heterocycles. The third kappa shape index (κ3) is 6.21. The first-order valence-corrected chi connectivity index (χ1v) is 6.71. The van der Waals surface area contributed by atoms with Crippen LogP contribution in [0.3, 0.4) is 0 Å². The highest BCUT2D eigenvalue weighted by Gasteiger charge is 2.21. The van der Waals surface area contributed by atoms with E-state index in [4.69, 9.17) is 9.84 Å². The highest BCUT2D eigenvalue weighted by atomic mass is 16.6. The Morgan fingerprint density at radius 3 is 2.83 bits per heavy atom. The number of aliphatic hydroxyl groups is 1. The molecule has 1 aliphatic heterocycles. The zero-order chi connectivity index (χ0) is 13.6. The van der Waals surface area contributed by atoms with Gasteiger partial charge < -0.3 is 20.1 Å². The molecule has 1 fully saturated rings. The number of hydrogen-bond acceptors (Lipinski definition) is 4. The van der Waals surface area contributed by atoms with Crippen LogP contribution in [0.2, 0.25) is 0 Å². The van der Waals surface area contributed by atoms with E-state index >= 15 is 0 Å². The molecule has 1 heterocycles. The number of likely N-dealkylation sites (tertiary alicyclic amines) is 1. The van der Waals surface area contributed by atoms with Crippen LogP contribution in [0, 0.1) is 5.92 Å². The number of nitrogens with one attached hydrogen (secondary N) is 1. The summed E-state index contributed by atoms with van der Waals surface area (Å²) in [6, 6.07) is 0. The fourth-order valence-corrected chi connectivity index (χ4v) is 2.20. The van der Waals surface area contributed by atoms with Crippen LogP contribution in [-0.2, 0) is 4.74 Å². The van der Waals surface area contributed by atoms with E-state index in [1.807, 2.05) is 20.8 Å². The van der Waals surface area contributed by atoms with Gasteiger partial charge in [0.1, 0.15) is 5.60 Å². The molecule has 106 valence electrons. The van der Waals surface area contributed by atoms with E-state index in [0.717, 1.165) is 32.5 Å². The molecule has 2 N–H and O–H groups in total. The first-order valence-electron chi connectivity index (χ1n) is 6.71. The molecular weight excluding hydrogens is 232 g/mol. The molecule has 0 bridgehead atoms. The van der Waals surface area contributed by atoms with E-state index in [2.05, 4.69) is 10.2 Å². The summed E-state index contributed by atoms with van der Waals surface area (Å²) < 4.78 is 5.20. The summed E-state index contributed by atoms with van der Waals surface area (Å²) in [4.78, 5) is 13.8. The predicted molar refractivity (Wildman–Crippen MR) is 70.5 cm³/mol. The average molecular weight is 258 g/mol. The highest BCUT2D eigenvalue weighted by Crippen LogP contribution is 2.15. The Hall–Kier alpha value is -0.810. The van der Waals surface area contributed by atoms with Gasteiger partial charge >= 0.3 is 6.09 Å². The molecule has 0 spiro atoms. The van der Waals surface area contributed by atoms with Crippen molar-refractivity contribution in [3.8, 4) is 0 Å². The molecule has 1 rings (SSSR count). The fraction of sp³-hybridized carbons (Fsp3) is 0.923. The summed E-state index contributed by atoms with van der Waals surface area (Å²) in [7, 11) is 0. The Bertz CT molecular complexity index is 261. The third-order valence-electron chi connectivity index (χ3n) is 2.95. The van der Waals surface area contributed by atoms with E-state index in [1.165, 1.54) is 0 Å². The lowest BCUT2D eigenvalue weighted by molar-refractivity contribution is 0.0504. The second-order valence-electron chi connectivity index (χ2n) is 5.92. The quantitative estimate of drug-likeness (QED) is 0.796. The number of β-amino-alcohol motifs (C(OH)–C–C–N with tert-alkyl or cyclic N) is 1. The van der Waals surface area contributed by atoms with Crippen LogP contribution >= 0.6 is 0 Å². The highest BCUT2D eigenvalue weighted by molar-refractivity contribution is 5.67. The van der Waals surface area contributed by atoms with E-state index in [9.17, 15) is 4.79 Å². The second kappa shape index (κ2) is 6.95. The van der Waals surface area contributed by atoms with Crippen LogP contribution in [-0.4, -0.2) is 54.5 Å². The van der Waals surface area contributed by atoms with Gasteiger partial charge in [-0.15, -0.1) is 0 Å². The van der Waals surface area contributed by atoms with E-state index in [-0.39, 0.29) is 12.7 Å². The van der Waals surface area contributed by atoms with Crippen molar-refractivity contribution in [2.45, 2.75) is 39.2 Å². The lowest BCUT2D eigenvalue weighted by Gasteiger charge is -2.32. The summed E-state index contributed by atoms with van der Waals surface area (Å²) in [6.45, 7) is 9.13. The zero-order valence-corrected chi connectivity index (χ0v) is 11.7. The first-order chi connectivity index (χ1) is 8.40. The van der Waals surface area contributed by atoms with E-state index < -0.39 is 5.60 Å². The van der Waals surface area contributed by atoms with E-state index in [0.29, 0.717) is 12.5 Å². The van der Waals surface area contributed by atoms with Gasteiger partial charge in [0, 0.05) is 19.6 Å². The van der Waals surface area contributed by atoms with Gasteiger partial charge in [0.15, 0.2) is 0 Å². The SMILES string of the molecule is CC(C)(C)OC(=O)NC[C@@H]1CCCN(CCO)C1. The average Bonchev–Trinajstić information content (AvgIpc) is 2.25. The number of piperidine rings is 1.